The molecule has 124 valence electrons. The Labute approximate surface area is 145 Å². The average molecular weight is 330 g/mol. The van der Waals surface area contributed by atoms with Crippen LogP contribution in [0, 0.1) is 0 Å². The number of aliphatic hydroxyl groups excluding tert-OH is 2. The van der Waals surface area contributed by atoms with Gasteiger partial charge in [-0.15, -0.1) is 0 Å². The van der Waals surface area contributed by atoms with Gasteiger partial charge >= 0.3 is 0 Å². The molecular formula is C22H18O3. The maximum Gasteiger partial charge on any atom is 0.128 e. The van der Waals surface area contributed by atoms with Crippen molar-refractivity contribution in [3.05, 3.63) is 83.9 Å². The van der Waals surface area contributed by atoms with Gasteiger partial charge in [-0.1, -0.05) is 36.4 Å². The zero-order chi connectivity index (χ0) is 17.2. The molecule has 3 heteroatoms. The number of rotatable bonds is 4. The van der Waals surface area contributed by atoms with E-state index < -0.39 is 0 Å². The standard InChI is InChI=1S/C22H18O3/c23-13-15-1-3-19-11-21(7-5-17(19)9-15)25-22-8-6-18-10-16(14-24)2-4-20(18)12-22/h1-12,23-24H,13-14H2. The summed E-state index contributed by atoms with van der Waals surface area (Å²) < 4.78 is 6.01. The summed E-state index contributed by atoms with van der Waals surface area (Å²) in [6.07, 6.45) is 0. The van der Waals surface area contributed by atoms with Gasteiger partial charge in [-0.05, 0) is 69.1 Å². The van der Waals surface area contributed by atoms with Crippen molar-refractivity contribution >= 4 is 21.5 Å². The number of hydrogen-bond donors (Lipinski definition) is 2. The van der Waals surface area contributed by atoms with Crippen molar-refractivity contribution in [3.8, 4) is 11.5 Å². The summed E-state index contributed by atoms with van der Waals surface area (Å²) >= 11 is 0. The van der Waals surface area contributed by atoms with E-state index in [1.165, 1.54) is 0 Å². The van der Waals surface area contributed by atoms with Crippen LogP contribution in [0.4, 0.5) is 0 Å². The van der Waals surface area contributed by atoms with Gasteiger partial charge in [0.15, 0.2) is 0 Å². The summed E-state index contributed by atoms with van der Waals surface area (Å²) in [5.74, 6) is 1.55. The van der Waals surface area contributed by atoms with Crippen LogP contribution in [-0.2, 0) is 13.2 Å². The Morgan fingerprint density at radius 3 is 1.36 bits per heavy atom. The van der Waals surface area contributed by atoms with E-state index in [1.807, 2.05) is 72.8 Å². The maximum atomic E-state index is 9.23. The molecule has 0 radical (unpaired) electrons. The summed E-state index contributed by atoms with van der Waals surface area (Å²) in [5.41, 5.74) is 1.80. The van der Waals surface area contributed by atoms with Crippen LogP contribution in [0.15, 0.2) is 72.8 Å². The second kappa shape index (κ2) is 6.55. The van der Waals surface area contributed by atoms with Gasteiger partial charge < -0.3 is 14.9 Å². The zero-order valence-corrected chi connectivity index (χ0v) is 13.6. The minimum absolute atomic E-state index is 0.0449. The summed E-state index contributed by atoms with van der Waals surface area (Å²) in [5, 5.41) is 22.8. The van der Waals surface area contributed by atoms with Crippen molar-refractivity contribution in [1.82, 2.24) is 0 Å². The highest BCUT2D eigenvalue weighted by Gasteiger charge is 2.03. The Bertz CT molecular complexity index is 968. The van der Waals surface area contributed by atoms with Crippen molar-refractivity contribution < 1.29 is 14.9 Å². The molecule has 0 heterocycles. The summed E-state index contributed by atoms with van der Waals surface area (Å²) in [4.78, 5) is 0. The van der Waals surface area contributed by atoms with Crippen molar-refractivity contribution in [2.24, 2.45) is 0 Å². The third kappa shape index (κ3) is 3.20. The van der Waals surface area contributed by atoms with Crippen molar-refractivity contribution in [3.63, 3.8) is 0 Å². The normalized spacial score (nSPS) is 11.1. The van der Waals surface area contributed by atoms with Gasteiger partial charge in [-0.3, -0.25) is 0 Å². The fraction of sp³-hybridized carbons (Fsp3) is 0.0909. The smallest absolute Gasteiger partial charge is 0.128 e. The molecule has 2 N–H and O–H groups in total. The Kier molecular flexibility index (Phi) is 4.10. The van der Waals surface area contributed by atoms with E-state index in [1.54, 1.807) is 0 Å². The van der Waals surface area contributed by atoms with Gasteiger partial charge in [0.25, 0.3) is 0 Å². The molecule has 0 saturated carbocycles. The third-order valence-corrected chi connectivity index (χ3v) is 4.35. The molecule has 0 aliphatic heterocycles. The molecule has 25 heavy (non-hydrogen) atoms. The van der Waals surface area contributed by atoms with E-state index in [0.29, 0.717) is 0 Å². The third-order valence-electron chi connectivity index (χ3n) is 4.35. The van der Waals surface area contributed by atoms with E-state index in [4.69, 9.17) is 4.74 Å². The molecule has 4 aromatic rings. The van der Waals surface area contributed by atoms with Crippen LogP contribution in [0.5, 0.6) is 11.5 Å². The lowest BCUT2D eigenvalue weighted by molar-refractivity contribution is 0.282. The number of fused-ring (bicyclic) bond motifs is 2. The second-order valence-corrected chi connectivity index (χ2v) is 6.10. The maximum absolute atomic E-state index is 9.23. The minimum atomic E-state index is 0.0449. The van der Waals surface area contributed by atoms with E-state index in [9.17, 15) is 10.2 Å². The molecule has 0 unspecified atom stereocenters. The van der Waals surface area contributed by atoms with Crippen molar-refractivity contribution in [1.29, 1.82) is 0 Å². The van der Waals surface area contributed by atoms with Crippen LogP contribution in [0.3, 0.4) is 0 Å². The molecule has 0 aromatic heterocycles. The fourth-order valence-corrected chi connectivity index (χ4v) is 3.01. The summed E-state index contributed by atoms with van der Waals surface area (Å²) in [6, 6.07) is 23.6. The SMILES string of the molecule is OCc1ccc2cc(Oc3ccc4cc(CO)ccc4c3)ccc2c1. The first-order valence-corrected chi connectivity index (χ1v) is 8.20. The summed E-state index contributed by atoms with van der Waals surface area (Å²) in [7, 11) is 0. The lowest BCUT2D eigenvalue weighted by atomic mass is 10.1. The second-order valence-electron chi connectivity index (χ2n) is 6.10. The number of ether oxygens (including phenoxy) is 1. The van der Waals surface area contributed by atoms with E-state index in [0.717, 1.165) is 44.2 Å². The molecule has 0 aliphatic carbocycles. The molecule has 4 aromatic carbocycles. The number of benzene rings is 4. The van der Waals surface area contributed by atoms with Crippen LogP contribution in [0.25, 0.3) is 21.5 Å². The van der Waals surface area contributed by atoms with Gasteiger partial charge in [-0.25, -0.2) is 0 Å². The molecule has 0 spiro atoms. The van der Waals surface area contributed by atoms with Crippen molar-refractivity contribution in [2.45, 2.75) is 13.2 Å². The highest BCUT2D eigenvalue weighted by Crippen LogP contribution is 2.29. The predicted molar refractivity (Wildman–Crippen MR) is 99.8 cm³/mol. The van der Waals surface area contributed by atoms with Crippen LogP contribution in [0.2, 0.25) is 0 Å². The Morgan fingerprint density at radius 2 is 0.920 bits per heavy atom. The number of hydrogen-bond acceptors (Lipinski definition) is 3. The molecule has 0 bridgehead atoms. The Balaban J connectivity index is 1.64. The molecule has 0 amide bonds. The van der Waals surface area contributed by atoms with Gasteiger partial charge in [0, 0.05) is 0 Å². The van der Waals surface area contributed by atoms with Gasteiger partial charge in [0.1, 0.15) is 11.5 Å². The van der Waals surface area contributed by atoms with Crippen LogP contribution in [0.1, 0.15) is 11.1 Å². The molecular weight excluding hydrogens is 312 g/mol. The van der Waals surface area contributed by atoms with Crippen LogP contribution < -0.4 is 4.74 Å². The van der Waals surface area contributed by atoms with Crippen LogP contribution >= 0.6 is 0 Å². The monoisotopic (exact) mass is 330 g/mol. The highest BCUT2D eigenvalue weighted by molar-refractivity contribution is 5.86. The van der Waals surface area contributed by atoms with Crippen LogP contribution in [-0.4, -0.2) is 10.2 Å². The van der Waals surface area contributed by atoms with E-state index in [-0.39, 0.29) is 13.2 Å². The number of aliphatic hydroxyl groups is 2. The first-order valence-electron chi connectivity index (χ1n) is 8.20. The topological polar surface area (TPSA) is 49.7 Å². The lowest BCUT2D eigenvalue weighted by Gasteiger charge is -2.09. The van der Waals surface area contributed by atoms with Crippen molar-refractivity contribution in [2.75, 3.05) is 0 Å². The molecule has 4 rings (SSSR count). The molecule has 0 fully saturated rings. The molecule has 0 saturated heterocycles. The molecule has 3 nitrogen and oxygen atoms in total. The van der Waals surface area contributed by atoms with Gasteiger partial charge in [0.2, 0.25) is 0 Å². The largest absolute Gasteiger partial charge is 0.457 e. The van der Waals surface area contributed by atoms with Gasteiger partial charge in [-0.2, -0.15) is 0 Å². The average Bonchev–Trinajstić information content (AvgIpc) is 2.67. The zero-order valence-electron chi connectivity index (χ0n) is 13.6. The predicted octanol–water partition coefficient (Wildman–Crippen LogP) is 4.77. The highest BCUT2D eigenvalue weighted by atomic mass is 16.5. The molecule has 0 aliphatic rings. The Morgan fingerprint density at radius 1 is 0.520 bits per heavy atom. The minimum Gasteiger partial charge on any atom is -0.457 e. The quantitative estimate of drug-likeness (QED) is 0.567. The lowest BCUT2D eigenvalue weighted by Crippen LogP contribution is -1.87. The first kappa shape index (κ1) is 15.6. The first-order chi connectivity index (χ1) is 12.2. The van der Waals surface area contributed by atoms with Gasteiger partial charge in [0.05, 0.1) is 13.2 Å². The summed E-state index contributed by atoms with van der Waals surface area (Å²) in [6.45, 7) is 0.0898. The van der Waals surface area contributed by atoms with E-state index in [2.05, 4.69) is 0 Å². The Hall–Kier alpha value is -2.88. The fourth-order valence-electron chi connectivity index (χ4n) is 3.01. The van der Waals surface area contributed by atoms with E-state index >= 15 is 0 Å². The molecule has 0 atom stereocenters.